The van der Waals surface area contributed by atoms with Gasteiger partial charge in [0.1, 0.15) is 0 Å². The molecule has 1 atom stereocenters. The Morgan fingerprint density at radius 1 is 1.11 bits per heavy atom. The number of likely N-dealkylation sites (tertiary alicyclic amines) is 1. The Bertz CT molecular complexity index is 758. The van der Waals surface area contributed by atoms with E-state index in [4.69, 9.17) is 0 Å². The van der Waals surface area contributed by atoms with E-state index in [9.17, 15) is 13.2 Å². The molecule has 28 heavy (non-hydrogen) atoms. The van der Waals surface area contributed by atoms with Crippen LogP contribution in [0.1, 0.15) is 62.2 Å². The highest BCUT2D eigenvalue weighted by Gasteiger charge is 2.29. The highest BCUT2D eigenvalue weighted by molar-refractivity contribution is 7.89. The van der Waals surface area contributed by atoms with Crippen LogP contribution in [-0.4, -0.2) is 62.3 Å². The average molecular weight is 408 g/mol. The fourth-order valence-electron chi connectivity index (χ4n) is 4.44. The van der Waals surface area contributed by atoms with Crippen LogP contribution in [0.3, 0.4) is 0 Å². The van der Waals surface area contributed by atoms with Crippen molar-refractivity contribution in [3.63, 3.8) is 0 Å². The summed E-state index contributed by atoms with van der Waals surface area (Å²) in [6, 6.07) is 6.81. The van der Waals surface area contributed by atoms with E-state index in [0.717, 1.165) is 45.2 Å². The van der Waals surface area contributed by atoms with Crippen molar-refractivity contribution in [3.05, 3.63) is 29.8 Å². The summed E-state index contributed by atoms with van der Waals surface area (Å²) in [4.78, 5) is 15.1. The Balaban J connectivity index is 1.61. The topological polar surface area (TPSA) is 69.7 Å². The summed E-state index contributed by atoms with van der Waals surface area (Å²) in [6.07, 6.45) is 7.48. The number of amides is 1. The van der Waals surface area contributed by atoms with E-state index in [0.29, 0.717) is 18.2 Å². The minimum Gasteiger partial charge on any atom is -0.350 e. The molecule has 1 amide bonds. The molecule has 1 aromatic rings. The first kappa shape index (κ1) is 21.3. The number of nitrogens with one attached hydrogen (secondary N) is 1. The van der Waals surface area contributed by atoms with Gasteiger partial charge >= 0.3 is 0 Å². The molecule has 0 spiro atoms. The molecule has 1 aromatic carbocycles. The SMILES string of the molecule is CCN1CCCC1CNC(=O)c1ccc(S(=O)(=O)N(C)C2CCCCC2)cc1. The second-order valence-electron chi connectivity index (χ2n) is 7.97. The zero-order valence-electron chi connectivity index (χ0n) is 17.1. The normalized spacial score (nSPS) is 21.9. The van der Waals surface area contributed by atoms with E-state index in [1.165, 1.54) is 17.1 Å². The summed E-state index contributed by atoms with van der Waals surface area (Å²) < 4.78 is 27.3. The lowest BCUT2D eigenvalue weighted by atomic mass is 9.96. The van der Waals surface area contributed by atoms with Crippen LogP contribution in [0.5, 0.6) is 0 Å². The van der Waals surface area contributed by atoms with Crippen LogP contribution in [-0.2, 0) is 10.0 Å². The van der Waals surface area contributed by atoms with Crippen LogP contribution < -0.4 is 5.32 Å². The summed E-state index contributed by atoms with van der Waals surface area (Å²) in [5.74, 6) is -0.146. The third kappa shape index (κ3) is 4.75. The third-order valence-electron chi connectivity index (χ3n) is 6.29. The zero-order valence-corrected chi connectivity index (χ0v) is 17.9. The smallest absolute Gasteiger partial charge is 0.251 e. The van der Waals surface area contributed by atoms with Crippen LogP contribution in [0.25, 0.3) is 0 Å². The maximum Gasteiger partial charge on any atom is 0.251 e. The number of nitrogens with zero attached hydrogens (tertiary/aromatic N) is 2. The van der Waals surface area contributed by atoms with Gasteiger partial charge in [0.2, 0.25) is 10.0 Å². The van der Waals surface area contributed by atoms with Crippen LogP contribution in [0.15, 0.2) is 29.2 Å². The lowest BCUT2D eigenvalue weighted by Gasteiger charge is -2.30. The van der Waals surface area contributed by atoms with E-state index < -0.39 is 10.0 Å². The van der Waals surface area contributed by atoms with Crippen molar-refractivity contribution in [1.82, 2.24) is 14.5 Å². The highest BCUT2D eigenvalue weighted by Crippen LogP contribution is 2.26. The van der Waals surface area contributed by atoms with Crippen molar-refractivity contribution < 1.29 is 13.2 Å². The van der Waals surface area contributed by atoms with Crippen LogP contribution in [0.4, 0.5) is 0 Å². The molecule has 1 saturated heterocycles. The first-order chi connectivity index (χ1) is 13.4. The second-order valence-corrected chi connectivity index (χ2v) is 9.97. The van der Waals surface area contributed by atoms with Gasteiger partial charge in [0, 0.05) is 31.2 Å². The zero-order chi connectivity index (χ0) is 20.1. The lowest BCUT2D eigenvalue weighted by molar-refractivity contribution is 0.0941. The van der Waals surface area contributed by atoms with Gasteiger partial charge < -0.3 is 5.32 Å². The molecule has 1 N–H and O–H groups in total. The van der Waals surface area contributed by atoms with E-state index >= 15 is 0 Å². The van der Waals surface area contributed by atoms with E-state index in [1.807, 2.05) is 0 Å². The molecule has 1 heterocycles. The largest absolute Gasteiger partial charge is 0.350 e. The van der Waals surface area contributed by atoms with Gasteiger partial charge in [-0.25, -0.2) is 8.42 Å². The molecule has 1 unspecified atom stereocenters. The summed E-state index contributed by atoms with van der Waals surface area (Å²) in [5, 5.41) is 3.00. The number of carbonyl (C=O) groups excluding carboxylic acids is 1. The van der Waals surface area contributed by atoms with Crippen molar-refractivity contribution in [2.75, 3.05) is 26.7 Å². The minimum atomic E-state index is -3.52. The Morgan fingerprint density at radius 2 is 1.79 bits per heavy atom. The number of carbonyl (C=O) groups is 1. The molecule has 1 aliphatic heterocycles. The molecule has 2 fully saturated rings. The van der Waals surface area contributed by atoms with Gasteiger partial charge in [-0.1, -0.05) is 26.2 Å². The Kier molecular flexibility index (Phi) is 7.12. The molecule has 1 saturated carbocycles. The fraction of sp³-hybridized carbons (Fsp3) is 0.667. The van der Waals surface area contributed by atoms with Crippen LogP contribution in [0.2, 0.25) is 0 Å². The molecule has 0 aromatic heterocycles. The van der Waals surface area contributed by atoms with Gasteiger partial charge in [0.05, 0.1) is 4.90 Å². The van der Waals surface area contributed by atoms with Crippen molar-refractivity contribution in [2.24, 2.45) is 0 Å². The Hall–Kier alpha value is -1.44. The molecule has 7 heteroatoms. The molecule has 0 radical (unpaired) electrons. The van der Waals surface area contributed by atoms with Crippen LogP contribution >= 0.6 is 0 Å². The fourth-order valence-corrected chi connectivity index (χ4v) is 5.86. The quantitative estimate of drug-likeness (QED) is 0.755. The monoisotopic (exact) mass is 407 g/mol. The van der Waals surface area contributed by atoms with Gasteiger partial charge in [-0.05, 0) is 63.0 Å². The second kappa shape index (κ2) is 9.37. The highest BCUT2D eigenvalue weighted by atomic mass is 32.2. The van der Waals surface area contributed by atoms with Crippen molar-refractivity contribution in [1.29, 1.82) is 0 Å². The van der Waals surface area contributed by atoms with E-state index in [2.05, 4.69) is 17.1 Å². The molecule has 2 aliphatic rings. The molecule has 3 rings (SSSR count). The predicted molar refractivity (Wildman–Crippen MR) is 111 cm³/mol. The standard InChI is InChI=1S/C21H33N3O3S/c1-3-24-15-7-10-19(24)16-22-21(25)17-11-13-20(14-12-17)28(26,27)23(2)18-8-5-4-6-9-18/h11-14,18-19H,3-10,15-16H2,1-2H3,(H,22,25). The first-order valence-electron chi connectivity index (χ1n) is 10.5. The van der Waals surface area contributed by atoms with Gasteiger partial charge in [-0.15, -0.1) is 0 Å². The van der Waals surface area contributed by atoms with Crippen molar-refractivity contribution in [3.8, 4) is 0 Å². The summed E-state index contributed by atoms with van der Waals surface area (Å²) in [6.45, 7) is 4.88. The number of sulfonamides is 1. The Labute approximate surface area is 169 Å². The summed E-state index contributed by atoms with van der Waals surface area (Å²) in [5.41, 5.74) is 0.500. The van der Waals surface area contributed by atoms with Gasteiger partial charge in [-0.2, -0.15) is 4.31 Å². The Morgan fingerprint density at radius 3 is 2.43 bits per heavy atom. The van der Waals surface area contributed by atoms with Gasteiger partial charge in [0.15, 0.2) is 0 Å². The van der Waals surface area contributed by atoms with Gasteiger partial charge in [-0.3, -0.25) is 9.69 Å². The molecule has 1 aliphatic carbocycles. The summed E-state index contributed by atoms with van der Waals surface area (Å²) >= 11 is 0. The number of rotatable bonds is 7. The first-order valence-corrected chi connectivity index (χ1v) is 12.0. The predicted octanol–water partition coefficient (Wildman–Crippen LogP) is 2.85. The molecular weight excluding hydrogens is 374 g/mol. The van der Waals surface area contributed by atoms with Gasteiger partial charge in [0.25, 0.3) is 5.91 Å². The average Bonchev–Trinajstić information content (AvgIpc) is 3.19. The van der Waals surface area contributed by atoms with Crippen molar-refractivity contribution in [2.45, 2.75) is 68.8 Å². The number of likely N-dealkylation sites (N-methyl/N-ethyl adjacent to an activating group) is 1. The number of hydrogen-bond donors (Lipinski definition) is 1. The number of benzene rings is 1. The third-order valence-corrected chi connectivity index (χ3v) is 8.21. The molecular formula is C21H33N3O3S. The maximum absolute atomic E-state index is 12.9. The maximum atomic E-state index is 12.9. The summed E-state index contributed by atoms with van der Waals surface area (Å²) in [7, 11) is -1.85. The van der Waals surface area contributed by atoms with E-state index in [1.54, 1.807) is 31.3 Å². The van der Waals surface area contributed by atoms with Crippen LogP contribution in [0, 0.1) is 0 Å². The minimum absolute atomic E-state index is 0.0784. The number of hydrogen-bond acceptors (Lipinski definition) is 4. The molecule has 0 bridgehead atoms. The molecule has 6 nitrogen and oxygen atoms in total. The van der Waals surface area contributed by atoms with Crippen molar-refractivity contribution >= 4 is 15.9 Å². The van der Waals surface area contributed by atoms with E-state index in [-0.39, 0.29) is 16.8 Å². The lowest BCUT2D eigenvalue weighted by Crippen LogP contribution is -2.40. The molecule has 156 valence electrons.